The zero-order valence-corrected chi connectivity index (χ0v) is 14.9. The van der Waals surface area contributed by atoms with Crippen LogP contribution in [-0.4, -0.2) is 39.2 Å². The van der Waals surface area contributed by atoms with E-state index in [1.807, 2.05) is 0 Å². The van der Waals surface area contributed by atoms with Crippen LogP contribution in [0, 0.1) is 0 Å². The molecule has 1 nitrogen and oxygen atoms in total. The summed E-state index contributed by atoms with van der Waals surface area (Å²) in [5, 5.41) is 0. The summed E-state index contributed by atoms with van der Waals surface area (Å²) in [7, 11) is -2.56. The molecule has 1 saturated heterocycles. The molecule has 75 valence electrons. The Morgan fingerprint density at radius 2 is 1.08 bits per heavy atom. The van der Waals surface area contributed by atoms with Gasteiger partial charge < -0.3 is 4.12 Å². The van der Waals surface area contributed by atoms with Gasteiger partial charge in [0.15, 0.2) is 17.1 Å². The molecule has 1 fully saturated rings. The third-order valence-electron chi connectivity index (χ3n) is 3.94. The minimum Gasteiger partial charge on any atom is -0.460 e. The molecule has 0 aromatic heterocycles. The van der Waals surface area contributed by atoms with E-state index in [0.717, 1.165) is 0 Å². The second-order valence-electron chi connectivity index (χ2n) is 5.09. The maximum atomic E-state index is 6.34. The van der Waals surface area contributed by atoms with Crippen molar-refractivity contribution >= 4 is 39.2 Å². The summed E-state index contributed by atoms with van der Waals surface area (Å²) < 4.78 is 6.34. The smallest absolute Gasteiger partial charge is 0.174 e. The monoisotopic (exact) mass is 261 g/mol. The third kappa shape index (κ3) is 1.89. The van der Waals surface area contributed by atoms with E-state index >= 15 is 0 Å². The lowest BCUT2D eigenvalue weighted by atomic mass is 11.9. The van der Waals surface area contributed by atoms with Crippen molar-refractivity contribution in [2.45, 2.75) is 45.8 Å². The van der Waals surface area contributed by atoms with Crippen molar-refractivity contribution in [1.82, 2.24) is 0 Å². The molecule has 0 N–H and O–H groups in total. The van der Waals surface area contributed by atoms with E-state index in [1.165, 1.54) is 0 Å². The van der Waals surface area contributed by atoms with Crippen LogP contribution in [0.4, 0.5) is 0 Å². The van der Waals surface area contributed by atoms with Gasteiger partial charge in [0.25, 0.3) is 0 Å². The summed E-state index contributed by atoms with van der Waals surface area (Å²) in [5.41, 5.74) is 0. The minimum atomic E-state index is -0.906. The van der Waals surface area contributed by atoms with Crippen molar-refractivity contribution < 1.29 is 4.12 Å². The molecule has 13 heavy (non-hydrogen) atoms. The van der Waals surface area contributed by atoms with Gasteiger partial charge >= 0.3 is 0 Å². The topological polar surface area (TPSA) is 9.23 Å². The van der Waals surface area contributed by atoms with Crippen molar-refractivity contribution in [1.29, 1.82) is 0 Å². The van der Waals surface area contributed by atoms with Gasteiger partial charge in [-0.2, -0.15) is 0 Å². The first-order chi connectivity index (χ1) is 5.70. The molecule has 0 bridgehead atoms. The first kappa shape index (κ1) is 12.1. The van der Waals surface area contributed by atoms with E-state index in [9.17, 15) is 0 Å². The number of rotatable bonds is 0. The van der Waals surface area contributed by atoms with Crippen LogP contribution in [0.2, 0.25) is 45.8 Å². The molecule has 0 aromatic rings. The average Bonchev–Trinajstić information content (AvgIpc) is 2.00. The summed E-state index contributed by atoms with van der Waals surface area (Å²) in [6.07, 6.45) is 0. The first-order valence-electron chi connectivity index (χ1n) is 4.91. The molecule has 3 radical (unpaired) electrons. The highest BCUT2D eigenvalue weighted by Crippen LogP contribution is 2.28. The van der Waals surface area contributed by atoms with Crippen LogP contribution in [0.25, 0.3) is 0 Å². The van der Waals surface area contributed by atoms with Crippen molar-refractivity contribution in [2.24, 2.45) is 0 Å². The molecule has 1 aliphatic heterocycles. The van der Waals surface area contributed by atoms with Crippen molar-refractivity contribution in [3.05, 3.63) is 0 Å². The summed E-state index contributed by atoms with van der Waals surface area (Å²) in [6.45, 7) is 17.9. The van der Waals surface area contributed by atoms with Crippen LogP contribution in [0.5, 0.6) is 0 Å². The minimum absolute atomic E-state index is 0.000643. The van der Waals surface area contributed by atoms with E-state index in [4.69, 9.17) is 4.12 Å². The Morgan fingerprint density at radius 3 is 1.38 bits per heavy atom. The molecule has 1 heterocycles. The molecule has 0 aliphatic carbocycles. The lowest BCUT2D eigenvalue weighted by Gasteiger charge is -2.49. The van der Waals surface area contributed by atoms with Crippen molar-refractivity contribution in [3.8, 4) is 0 Å². The van der Waals surface area contributed by atoms with Crippen LogP contribution in [0.1, 0.15) is 0 Å². The second-order valence-corrected chi connectivity index (χ2v) is 44.1. The van der Waals surface area contributed by atoms with Crippen molar-refractivity contribution in [3.63, 3.8) is 0 Å². The molecular formula is C7H21OSi5. The van der Waals surface area contributed by atoms with E-state index < -0.39 is 14.2 Å². The maximum absolute atomic E-state index is 6.34. The van der Waals surface area contributed by atoms with Crippen LogP contribution >= 0.6 is 0 Å². The predicted octanol–water partition coefficient (Wildman–Crippen LogP) is 2.11. The fourth-order valence-electron chi connectivity index (χ4n) is 1.79. The van der Waals surface area contributed by atoms with Gasteiger partial charge in [-0.3, -0.25) is 0 Å². The maximum Gasteiger partial charge on any atom is 0.174 e. The lowest BCUT2D eigenvalue weighted by Crippen LogP contribution is -2.77. The largest absolute Gasteiger partial charge is 0.460 e. The number of hydrogen-bond acceptors (Lipinski definition) is 1. The molecule has 0 saturated carbocycles. The van der Waals surface area contributed by atoms with E-state index in [-0.39, 0.29) is 24.9 Å². The van der Waals surface area contributed by atoms with E-state index in [2.05, 4.69) is 45.8 Å². The van der Waals surface area contributed by atoms with Gasteiger partial charge in [-0.1, -0.05) is 32.7 Å². The van der Waals surface area contributed by atoms with Crippen LogP contribution in [0.3, 0.4) is 0 Å². The highest BCUT2D eigenvalue weighted by molar-refractivity contribution is 7.84. The van der Waals surface area contributed by atoms with Gasteiger partial charge in [-0.05, 0) is 13.1 Å². The summed E-state index contributed by atoms with van der Waals surface area (Å²) in [4.78, 5) is 0. The highest BCUT2D eigenvalue weighted by Gasteiger charge is 2.54. The highest BCUT2D eigenvalue weighted by atomic mass is 29.9. The zero-order chi connectivity index (χ0) is 10.4. The van der Waals surface area contributed by atoms with Crippen LogP contribution in [0.15, 0.2) is 0 Å². The molecule has 0 aromatic carbocycles. The summed E-state index contributed by atoms with van der Waals surface area (Å²) >= 11 is 0. The molecule has 6 heteroatoms. The van der Waals surface area contributed by atoms with Gasteiger partial charge in [-0.25, -0.2) is 0 Å². The summed E-state index contributed by atoms with van der Waals surface area (Å²) in [5.74, 6) is 0. The molecule has 0 amide bonds. The first-order valence-corrected chi connectivity index (χ1v) is 20.7. The molecule has 1 rings (SSSR count). The average molecular weight is 262 g/mol. The third-order valence-corrected chi connectivity index (χ3v) is 66.1. The normalized spacial score (nSPS) is 30.7. The van der Waals surface area contributed by atoms with Gasteiger partial charge in [0.05, 0.1) is 14.2 Å². The Hall–Kier alpha value is 1.04. The Balaban J connectivity index is 2.96. The lowest BCUT2D eigenvalue weighted by molar-refractivity contribution is 0.628. The molecular weight excluding hydrogens is 241 g/mol. The van der Waals surface area contributed by atoms with Crippen LogP contribution in [-0.2, 0) is 4.12 Å². The number of hydrogen-bond donors (Lipinski definition) is 0. The van der Waals surface area contributed by atoms with Crippen molar-refractivity contribution in [2.75, 3.05) is 0 Å². The Labute approximate surface area is 89.1 Å². The molecule has 1 aliphatic rings. The Bertz CT molecular complexity index is 185. The van der Waals surface area contributed by atoms with Gasteiger partial charge in [-0.15, -0.1) is 0 Å². The second kappa shape index (κ2) is 3.56. The summed E-state index contributed by atoms with van der Waals surface area (Å²) in [6, 6.07) is 0. The quantitative estimate of drug-likeness (QED) is 0.607. The van der Waals surface area contributed by atoms with Gasteiger partial charge in [0, 0.05) is 7.83 Å². The molecule has 0 atom stereocenters. The Morgan fingerprint density at radius 1 is 0.769 bits per heavy atom. The zero-order valence-electron chi connectivity index (χ0n) is 9.91. The molecule has 0 spiro atoms. The SMILES string of the molecule is C[Si]1O[Si](C)[Si](C)(C)[Si](C)[Si]1(C)C. The molecule has 0 unspecified atom stereocenters. The fourth-order valence-corrected chi connectivity index (χ4v) is 80.5. The van der Waals surface area contributed by atoms with E-state index in [0.29, 0.717) is 0 Å². The van der Waals surface area contributed by atoms with Gasteiger partial charge in [0.2, 0.25) is 0 Å². The fraction of sp³-hybridized carbons (Fsp3) is 1.00. The van der Waals surface area contributed by atoms with Crippen LogP contribution < -0.4 is 0 Å². The Kier molecular flexibility index (Phi) is 3.32. The van der Waals surface area contributed by atoms with E-state index in [1.54, 1.807) is 0 Å². The van der Waals surface area contributed by atoms with Gasteiger partial charge in [0.1, 0.15) is 0 Å². The standard InChI is InChI=1S/C7H21OSi5/c1-9-8-10(2)13(6,7)11(3)12(9,4)5/h1-7H3. The predicted molar refractivity (Wildman–Crippen MR) is 70.9 cm³/mol.